The van der Waals surface area contributed by atoms with E-state index >= 15 is 0 Å². The summed E-state index contributed by atoms with van der Waals surface area (Å²) in [5.74, 6) is 0.768. The quantitative estimate of drug-likeness (QED) is 0.704. The molecule has 2 rings (SSSR count). The molecule has 0 spiro atoms. The zero-order valence-corrected chi connectivity index (χ0v) is 16.5. The standard InChI is InChI=1S/C19H24N2O5S/c1-25-17-10-9-16(14-18(17)26-2)21(27(3,23)24)12-11-20-19(22)13-15-7-5-4-6-8-15/h4-10,14H,11-13H2,1-3H3,(H,20,22). The van der Waals surface area contributed by atoms with Gasteiger partial charge in [0.15, 0.2) is 11.5 Å². The molecule has 8 heteroatoms. The van der Waals surface area contributed by atoms with Crippen LogP contribution in [0.1, 0.15) is 5.56 Å². The first-order valence-corrected chi connectivity index (χ1v) is 10.2. The molecule has 0 bridgehead atoms. The van der Waals surface area contributed by atoms with E-state index in [1.54, 1.807) is 18.2 Å². The van der Waals surface area contributed by atoms with Gasteiger partial charge >= 0.3 is 0 Å². The molecule has 2 aromatic rings. The molecule has 0 heterocycles. The van der Waals surface area contributed by atoms with Gasteiger partial charge in [-0.15, -0.1) is 0 Å². The van der Waals surface area contributed by atoms with Crippen molar-refractivity contribution in [2.45, 2.75) is 6.42 Å². The second kappa shape index (κ2) is 9.27. The SMILES string of the molecule is COc1ccc(N(CCNC(=O)Cc2ccccc2)S(C)(=O)=O)cc1OC. The lowest BCUT2D eigenvalue weighted by Gasteiger charge is -2.23. The highest BCUT2D eigenvalue weighted by Gasteiger charge is 2.19. The number of nitrogens with zero attached hydrogens (tertiary/aromatic N) is 1. The first kappa shape index (κ1) is 20.6. The summed E-state index contributed by atoms with van der Waals surface area (Å²) >= 11 is 0. The fraction of sp³-hybridized carbons (Fsp3) is 0.316. The molecule has 0 aromatic heterocycles. The summed E-state index contributed by atoms with van der Waals surface area (Å²) in [5.41, 5.74) is 1.34. The number of hydrogen-bond donors (Lipinski definition) is 1. The number of sulfonamides is 1. The monoisotopic (exact) mass is 392 g/mol. The number of carbonyl (C=O) groups is 1. The Hall–Kier alpha value is -2.74. The van der Waals surface area contributed by atoms with Gasteiger partial charge in [-0.25, -0.2) is 8.42 Å². The molecular weight excluding hydrogens is 368 g/mol. The van der Waals surface area contributed by atoms with Gasteiger partial charge in [0.05, 0.1) is 39.1 Å². The van der Waals surface area contributed by atoms with Gasteiger partial charge in [0.25, 0.3) is 0 Å². The highest BCUT2D eigenvalue weighted by Crippen LogP contribution is 2.32. The molecule has 0 aliphatic carbocycles. The predicted octanol–water partition coefficient (Wildman–Crippen LogP) is 1.83. The maximum Gasteiger partial charge on any atom is 0.232 e. The van der Waals surface area contributed by atoms with Crippen LogP contribution in [0.2, 0.25) is 0 Å². The van der Waals surface area contributed by atoms with Gasteiger partial charge in [0.2, 0.25) is 15.9 Å². The summed E-state index contributed by atoms with van der Waals surface area (Å²) < 4.78 is 36.0. The van der Waals surface area contributed by atoms with E-state index in [-0.39, 0.29) is 25.4 Å². The third-order valence-corrected chi connectivity index (χ3v) is 5.09. The number of anilines is 1. The average molecular weight is 392 g/mol. The number of nitrogens with one attached hydrogen (secondary N) is 1. The summed E-state index contributed by atoms with van der Waals surface area (Å²) in [5, 5.41) is 2.75. The minimum absolute atomic E-state index is 0.106. The number of rotatable bonds is 9. The van der Waals surface area contributed by atoms with Crippen molar-refractivity contribution in [2.75, 3.05) is 37.9 Å². The molecule has 0 saturated heterocycles. The van der Waals surface area contributed by atoms with Crippen LogP contribution in [0.25, 0.3) is 0 Å². The number of hydrogen-bond acceptors (Lipinski definition) is 5. The number of benzene rings is 2. The Bertz CT molecular complexity index is 869. The van der Waals surface area contributed by atoms with E-state index in [1.807, 2.05) is 30.3 Å². The van der Waals surface area contributed by atoms with E-state index < -0.39 is 10.0 Å². The highest BCUT2D eigenvalue weighted by atomic mass is 32.2. The lowest BCUT2D eigenvalue weighted by molar-refractivity contribution is -0.120. The zero-order valence-electron chi connectivity index (χ0n) is 15.6. The molecule has 146 valence electrons. The summed E-state index contributed by atoms with van der Waals surface area (Å²) in [7, 11) is -0.543. The fourth-order valence-electron chi connectivity index (χ4n) is 2.61. The van der Waals surface area contributed by atoms with Crippen molar-refractivity contribution in [3.8, 4) is 11.5 Å². The lowest BCUT2D eigenvalue weighted by atomic mass is 10.1. The Labute approximate surface area is 160 Å². The van der Waals surface area contributed by atoms with Gasteiger partial charge in [-0.1, -0.05) is 30.3 Å². The van der Waals surface area contributed by atoms with Gasteiger partial charge in [0.1, 0.15) is 0 Å². The Balaban J connectivity index is 2.04. The topological polar surface area (TPSA) is 84.9 Å². The smallest absolute Gasteiger partial charge is 0.232 e. The van der Waals surface area contributed by atoms with Gasteiger partial charge in [-0.2, -0.15) is 0 Å². The summed E-state index contributed by atoms with van der Waals surface area (Å²) in [6.45, 7) is 0.294. The van der Waals surface area contributed by atoms with E-state index in [0.29, 0.717) is 17.2 Å². The number of amides is 1. The van der Waals surface area contributed by atoms with Gasteiger partial charge in [-0.05, 0) is 17.7 Å². The van der Waals surface area contributed by atoms with Crippen molar-refractivity contribution >= 4 is 21.6 Å². The van der Waals surface area contributed by atoms with Gasteiger partial charge in [-0.3, -0.25) is 9.10 Å². The van der Waals surface area contributed by atoms with E-state index in [0.717, 1.165) is 11.8 Å². The van der Waals surface area contributed by atoms with Gasteiger partial charge < -0.3 is 14.8 Å². The molecule has 0 aliphatic heterocycles. The first-order chi connectivity index (χ1) is 12.8. The number of ether oxygens (including phenoxy) is 2. The van der Waals surface area contributed by atoms with Crippen molar-refractivity contribution in [3.63, 3.8) is 0 Å². The minimum Gasteiger partial charge on any atom is -0.493 e. The van der Waals surface area contributed by atoms with Crippen molar-refractivity contribution in [2.24, 2.45) is 0 Å². The van der Waals surface area contributed by atoms with Crippen molar-refractivity contribution < 1.29 is 22.7 Å². The molecule has 0 radical (unpaired) electrons. The molecule has 2 aromatic carbocycles. The van der Waals surface area contributed by atoms with Crippen LogP contribution < -0.4 is 19.1 Å². The molecule has 1 amide bonds. The zero-order chi connectivity index (χ0) is 19.9. The number of methoxy groups -OCH3 is 2. The molecule has 0 aliphatic rings. The van der Waals surface area contributed by atoms with Crippen molar-refractivity contribution in [3.05, 3.63) is 54.1 Å². The molecule has 0 saturated carbocycles. The third-order valence-electron chi connectivity index (χ3n) is 3.90. The van der Waals surface area contributed by atoms with Crippen LogP contribution in [0.3, 0.4) is 0 Å². The van der Waals surface area contributed by atoms with E-state index in [2.05, 4.69) is 5.32 Å². The second-order valence-electron chi connectivity index (χ2n) is 5.89. The van der Waals surface area contributed by atoms with Crippen LogP contribution >= 0.6 is 0 Å². The average Bonchev–Trinajstić information content (AvgIpc) is 2.64. The third kappa shape index (κ3) is 5.89. The van der Waals surface area contributed by atoms with Crippen LogP contribution in [0.4, 0.5) is 5.69 Å². The molecule has 0 atom stereocenters. The Morgan fingerprint density at radius 2 is 1.70 bits per heavy atom. The Kier molecular flexibility index (Phi) is 7.06. The van der Waals surface area contributed by atoms with Crippen LogP contribution in [-0.2, 0) is 21.2 Å². The first-order valence-electron chi connectivity index (χ1n) is 8.35. The summed E-state index contributed by atoms with van der Waals surface area (Å²) in [6.07, 6.45) is 1.37. The normalized spacial score (nSPS) is 10.9. The van der Waals surface area contributed by atoms with E-state index in [1.165, 1.54) is 18.5 Å². The van der Waals surface area contributed by atoms with Gasteiger partial charge in [0, 0.05) is 12.6 Å². The largest absolute Gasteiger partial charge is 0.493 e. The van der Waals surface area contributed by atoms with Crippen molar-refractivity contribution in [1.29, 1.82) is 0 Å². The molecule has 0 fully saturated rings. The second-order valence-corrected chi connectivity index (χ2v) is 7.79. The number of carbonyl (C=O) groups excluding carboxylic acids is 1. The molecule has 1 N–H and O–H groups in total. The van der Waals surface area contributed by atoms with Crippen LogP contribution in [0, 0.1) is 0 Å². The maximum atomic E-state index is 12.2. The predicted molar refractivity (Wildman–Crippen MR) is 105 cm³/mol. The summed E-state index contributed by atoms with van der Waals surface area (Å²) in [4.78, 5) is 12.0. The summed E-state index contributed by atoms with van der Waals surface area (Å²) in [6, 6.07) is 14.2. The minimum atomic E-state index is -3.53. The highest BCUT2D eigenvalue weighted by molar-refractivity contribution is 7.92. The molecular formula is C19H24N2O5S. The maximum absolute atomic E-state index is 12.2. The fourth-order valence-corrected chi connectivity index (χ4v) is 3.53. The van der Waals surface area contributed by atoms with Crippen LogP contribution in [0.5, 0.6) is 11.5 Å². The van der Waals surface area contributed by atoms with E-state index in [4.69, 9.17) is 9.47 Å². The Morgan fingerprint density at radius 3 is 2.30 bits per heavy atom. The van der Waals surface area contributed by atoms with E-state index in [9.17, 15) is 13.2 Å². The van der Waals surface area contributed by atoms with Crippen LogP contribution in [0.15, 0.2) is 48.5 Å². The Morgan fingerprint density at radius 1 is 1.04 bits per heavy atom. The van der Waals surface area contributed by atoms with Crippen molar-refractivity contribution in [1.82, 2.24) is 5.32 Å². The lowest BCUT2D eigenvalue weighted by Crippen LogP contribution is -2.38. The van der Waals surface area contributed by atoms with Crippen LogP contribution in [-0.4, -0.2) is 47.9 Å². The molecule has 7 nitrogen and oxygen atoms in total. The molecule has 27 heavy (non-hydrogen) atoms. The molecule has 0 unspecified atom stereocenters.